The number of alkyl halides is 3. The Morgan fingerprint density at radius 1 is 1.13 bits per heavy atom. The van der Waals surface area contributed by atoms with Gasteiger partial charge in [0, 0.05) is 33.8 Å². The minimum Gasteiger partial charge on any atom is -0.506 e. The molecule has 0 unspecified atom stereocenters. The average Bonchev–Trinajstić information content (AvgIpc) is 3.53. The number of aromatic hydroxyl groups is 1. The Morgan fingerprint density at radius 3 is 2.66 bits per heavy atom. The molecular formula is C26H17ClF3N5O3. The molecule has 38 heavy (non-hydrogen) atoms. The van der Waals surface area contributed by atoms with Gasteiger partial charge >= 0.3 is 6.18 Å². The molecule has 3 aromatic carbocycles. The van der Waals surface area contributed by atoms with Crippen LogP contribution in [0.4, 0.5) is 13.2 Å². The number of amides is 1. The fourth-order valence-electron chi connectivity index (χ4n) is 3.76. The molecule has 1 amide bonds. The number of hydrazone groups is 1. The van der Waals surface area contributed by atoms with E-state index in [1.54, 1.807) is 0 Å². The van der Waals surface area contributed by atoms with E-state index in [-0.39, 0.29) is 28.8 Å². The number of phenols is 1. The minimum atomic E-state index is -4.43. The molecule has 5 rings (SSSR count). The second-order valence-electron chi connectivity index (χ2n) is 8.18. The lowest BCUT2D eigenvalue weighted by Gasteiger charge is -2.05. The first kappa shape index (κ1) is 25.0. The van der Waals surface area contributed by atoms with Gasteiger partial charge in [-0.25, -0.2) is 5.43 Å². The lowest BCUT2D eigenvalue weighted by Crippen LogP contribution is -2.17. The number of phenolic OH excluding ortho intramolecular Hbond substituents is 1. The topological polar surface area (TPSA) is 106 Å². The van der Waals surface area contributed by atoms with E-state index in [0.717, 1.165) is 28.6 Å². The van der Waals surface area contributed by atoms with Gasteiger partial charge in [-0.2, -0.15) is 23.3 Å². The molecule has 0 saturated carbocycles. The van der Waals surface area contributed by atoms with Crippen LogP contribution < -0.4 is 5.43 Å². The van der Waals surface area contributed by atoms with Crippen LogP contribution in [0.5, 0.6) is 5.75 Å². The highest BCUT2D eigenvalue weighted by atomic mass is 35.5. The monoisotopic (exact) mass is 539 g/mol. The minimum absolute atomic E-state index is 0.0563. The first-order valence-electron chi connectivity index (χ1n) is 11.1. The van der Waals surface area contributed by atoms with Crippen LogP contribution in [0.15, 0.2) is 82.6 Å². The zero-order chi connectivity index (χ0) is 26.9. The maximum absolute atomic E-state index is 12.8. The van der Waals surface area contributed by atoms with E-state index in [1.807, 2.05) is 35.0 Å². The van der Waals surface area contributed by atoms with Crippen molar-refractivity contribution in [3.63, 3.8) is 0 Å². The number of aromatic nitrogens is 3. The van der Waals surface area contributed by atoms with Crippen LogP contribution in [0.2, 0.25) is 5.02 Å². The molecule has 0 bridgehead atoms. The van der Waals surface area contributed by atoms with E-state index in [1.165, 1.54) is 36.5 Å². The van der Waals surface area contributed by atoms with E-state index in [0.29, 0.717) is 11.4 Å². The van der Waals surface area contributed by atoms with Crippen molar-refractivity contribution in [1.29, 1.82) is 0 Å². The third kappa shape index (κ3) is 5.23. The van der Waals surface area contributed by atoms with Gasteiger partial charge in [-0.3, -0.25) is 4.79 Å². The van der Waals surface area contributed by atoms with E-state index in [2.05, 4.69) is 20.7 Å². The van der Waals surface area contributed by atoms with Crippen LogP contribution in [0.1, 0.15) is 27.3 Å². The molecule has 5 aromatic rings. The summed E-state index contributed by atoms with van der Waals surface area (Å²) in [7, 11) is 0. The van der Waals surface area contributed by atoms with Crippen molar-refractivity contribution in [2.75, 3.05) is 0 Å². The highest BCUT2D eigenvalue weighted by Crippen LogP contribution is 2.31. The third-order valence-electron chi connectivity index (χ3n) is 5.67. The van der Waals surface area contributed by atoms with Crippen molar-refractivity contribution in [2.24, 2.45) is 5.10 Å². The normalized spacial score (nSPS) is 11.9. The van der Waals surface area contributed by atoms with Gasteiger partial charge in [0.2, 0.25) is 0 Å². The van der Waals surface area contributed by atoms with Crippen LogP contribution in [0, 0.1) is 0 Å². The number of benzene rings is 3. The Labute approximate surface area is 218 Å². The lowest BCUT2D eigenvalue weighted by atomic mass is 10.1. The molecule has 0 aliphatic carbocycles. The number of hydrogen-bond donors (Lipinski definition) is 2. The van der Waals surface area contributed by atoms with Gasteiger partial charge in [0.25, 0.3) is 11.8 Å². The Bertz CT molecular complexity index is 1660. The van der Waals surface area contributed by atoms with Gasteiger partial charge in [-0.05, 0) is 54.6 Å². The Balaban J connectivity index is 1.30. The number of fused-ring (bicyclic) bond motifs is 1. The van der Waals surface area contributed by atoms with Crippen LogP contribution in [0.3, 0.4) is 0 Å². The third-order valence-corrected chi connectivity index (χ3v) is 5.97. The molecule has 2 aromatic heterocycles. The van der Waals surface area contributed by atoms with Gasteiger partial charge in [-0.15, -0.1) is 0 Å². The van der Waals surface area contributed by atoms with Crippen molar-refractivity contribution >= 4 is 34.6 Å². The summed E-state index contributed by atoms with van der Waals surface area (Å²) in [5, 5.41) is 18.4. The SMILES string of the molecule is O=C(N/N=C/c1cccc2c1ccn2Cc1noc(-c2ccc(C(F)(F)F)cc2)n1)c1ccc(O)c(Cl)c1. The van der Waals surface area contributed by atoms with Crippen molar-refractivity contribution < 1.29 is 27.6 Å². The number of carbonyl (C=O) groups excluding carboxylic acids is 1. The number of halogens is 4. The van der Waals surface area contributed by atoms with Gasteiger partial charge in [0.1, 0.15) is 5.75 Å². The molecule has 0 radical (unpaired) electrons. The van der Waals surface area contributed by atoms with Gasteiger partial charge in [0.15, 0.2) is 5.82 Å². The molecule has 8 nitrogen and oxygen atoms in total. The first-order chi connectivity index (χ1) is 18.2. The molecule has 0 aliphatic heterocycles. The summed E-state index contributed by atoms with van der Waals surface area (Å²) in [4.78, 5) is 16.6. The number of nitrogens with one attached hydrogen (secondary N) is 1. The number of nitrogens with zero attached hydrogens (tertiary/aromatic N) is 4. The van der Waals surface area contributed by atoms with Crippen LogP contribution in [-0.2, 0) is 12.7 Å². The molecule has 2 N–H and O–H groups in total. The molecule has 0 aliphatic rings. The molecule has 12 heteroatoms. The summed E-state index contributed by atoms with van der Waals surface area (Å²) in [5.41, 5.74) is 3.86. The number of hydrogen-bond acceptors (Lipinski definition) is 6. The zero-order valence-corrected chi connectivity index (χ0v) is 20.0. The van der Waals surface area contributed by atoms with Crippen molar-refractivity contribution in [3.8, 4) is 17.2 Å². The summed E-state index contributed by atoms with van der Waals surface area (Å²) in [6.45, 7) is 0.257. The zero-order valence-electron chi connectivity index (χ0n) is 19.3. The smallest absolute Gasteiger partial charge is 0.416 e. The molecule has 2 heterocycles. The van der Waals surface area contributed by atoms with Crippen molar-refractivity contribution in [2.45, 2.75) is 12.7 Å². The molecule has 0 saturated heterocycles. The summed E-state index contributed by atoms with van der Waals surface area (Å²) in [6, 6.07) is 16.0. The molecule has 0 spiro atoms. The second kappa shape index (κ2) is 10.0. The highest BCUT2D eigenvalue weighted by Gasteiger charge is 2.30. The first-order valence-corrected chi connectivity index (χ1v) is 11.5. The van der Waals surface area contributed by atoms with Crippen LogP contribution in [-0.4, -0.2) is 31.9 Å². The Hall–Kier alpha value is -4.64. The van der Waals surface area contributed by atoms with Crippen LogP contribution in [0.25, 0.3) is 22.4 Å². The predicted octanol–water partition coefficient (Wildman–Crippen LogP) is 5.88. The fourth-order valence-corrected chi connectivity index (χ4v) is 3.94. The summed E-state index contributed by atoms with van der Waals surface area (Å²) in [6.07, 6.45) is -1.10. The Morgan fingerprint density at radius 2 is 1.92 bits per heavy atom. The largest absolute Gasteiger partial charge is 0.506 e. The second-order valence-corrected chi connectivity index (χ2v) is 8.59. The summed E-state index contributed by atoms with van der Waals surface area (Å²) < 4.78 is 45.5. The van der Waals surface area contributed by atoms with Crippen molar-refractivity contribution in [1.82, 2.24) is 20.1 Å². The van der Waals surface area contributed by atoms with E-state index in [9.17, 15) is 23.1 Å². The maximum Gasteiger partial charge on any atom is 0.416 e. The standard InChI is InChI=1S/C26H17ClF3N5O3/c27-20-12-16(6-9-22(20)36)24(37)33-31-13-17-2-1-3-21-19(17)10-11-35(21)14-23-32-25(38-34-23)15-4-7-18(8-5-15)26(28,29)30/h1-13,36H,14H2,(H,33,37)/b31-13+. The Kier molecular flexibility index (Phi) is 6.60. The fraction of sp³-hybridized carbons (Fsp3) is 0.0769. The van der Waals surface area contributed by atoms with E-state index < -0.39 is 17.6 Å². The lowest BCUT2D eigenvalue weighted by molar-refractivity contribution is -0.137. The van der Waals surface area contributed by atoms with E-state index in [4.69, 9.17) is 16.1 Å². The van der Waals surface area contributed by atoms with Gasteiger partial charge in [0.05, 0.1) is 23.3 Å². The molecule has 192 valence electrons. The van der Waals surface area contributed by atoms with Crippen LogP contribution >= 0.6 is 11.6 Å². The highest BCUT2D eigenvalue weighted by molar-refractivity contribution is 6.32. The summed E-state index contributed by atoms with van der Waals surface area (Å²) >= 11 is 5.84. The van der Waals surface area contributed by atoms with E-state index >= 15 is 0 Å². The number of rotatable bonds is 6. The molecule has 0 atom stereocenters. The summed E-state index contributed by atoms with van der Waals surface area (Å²) in [5.74, 6) is -0.159. The average molecular weight is 540 g/mol. The maximum atomic E-state index is 12.8. The van der Waals surface area contributed by atoms with Crippen molar-refractivity contribution in [3.05, 3.63) is 100 Å². The quantitative estimate of drug-likeness (QED) is 0.207. The molecule has 0 fully saturated rings. The van der Waals surface area contributed by atoms with Gasteiger partial charge in [-0.1, -0.05) is 28.9 Å². The van der Waals surface area contributed by atoms with Gasteiger partial charge < -0.3 is 14.2 Å². The predicted molar refractivity (Wildman–Crippen MR) is 134 cm³/mol. The molecular weight excluding hydrogens is 523 g/mol. The number of carbonyl (C=O) groups is 1.